The molecule has 0 radical (unpaired) electrons. The highest BCUT2D eigenvalue weighted by Gasteiger charge is 2.44. The minimum atomic E-state index is -2.85. The summed E-state index contributed by atoms with van der Waals surface area (Å²) < 4.78 is 28.9. The van der Waals surface area contributed by atoms with Crippen molar-refractivity contribution in [3.8, 4) is 11.3 Å². The molecule has 1 aromatic carbocycles. The molecule has 4 nitrogen and oxygen atoms in total. The maximum Gasteiger partial charge on any atom is 0.290 e. The smallest absolute Gasteiger partial charge is 0.290 e. The summed E-state index contributed by atoms with van der Waals surface area (Å²) in [6, 6.07) is 6.57. The minimum absolute atomic E-state index is 0.0593. The molecule has 3 heterocycles. The topological polar surface area (TPSA) is 41.1 Å². The maximum atomic E-state index is 14.5. The van der Waals surface area contributed by atoms with E-state index in [-0.39, 0.29) is 12.1 Å². The van der Waals surface area contributed by atoms with E-state index >= 15 is 0 Å². The summed E-state index contributed by atoms with van der Waals surface area (Å²) in [5.74, 6) is -2.40. The number of aromatic nitrogens is 2. The lowest BCUT2D eigenvalue weighted by Gasteiger charge is -2.39. The molecule has 6 heteroatoms. The molecule has 0 bridgehead atoms. The second kappa shape index (κ2) is 5.71. The van der Waals surface area contributed by atoms with E-state index in [0.29, 0.717) is 29.7 Å². The molecule has 1 atom stereocenters. The monoisotopic (exact) mass is 356 g/mol. The number of rotatable bonds is 2. The van der Waals surface area contributed by atoms with Crippen LogP contribution in [-0.4, -0.2) is 29.1 Å². The molecule has 1 aromatic heterocycles. The van der Waals surface area contributed by atoms with Crippen LogP contribution in [0.5, 0.6) is 0 Å². The molecule has 1 N–H and O–H groups in total. The highest BCUT2D eigenvalue weighted by Crippen LogP contribution is 2.45. The maximum absolute atomic E-state index is 14.5. The van der Waals surface area contributed by atoms with E-state index in [0.717, 1.165) is 38.0 Å². The molecule has 1 aliphatic carbocycles. The molecule has 26 heavy (non-hydrogen) atoms. The van der Waals surface area contributed by atoms with Gasteiger partial charge in [0.25, 0.3) is 5.92 Å². The van der Waals surface area contributed by atoms with Gasteiger partial charge in [-0.3, -0.25) is 0 Å². The average Bonchev–Trinajstić information content (AvgIpc) is 2.94. The summed E-state index contributed by atoms with van der Waals surface area (Å²) in [7, 11) is 0. The van der Waals surface area contributed by atoms with Crippen LogP contribution < -0.4 is 10.2 Å². The Morgan fingerprint density at radius 2 is 2.08 bits per heavy atom. The number of nitrogens with one attached hydrogen (secondary N) is 1. The molecule has 1 saturated heterocycles. The molecule has 0 unspecified atom stereocenters. The summed E-state index contributed by atoms with van der Waals surface area (Å²) in [6.07, 6.45) is 2.19. The predicted octanol–water partition coefficient (Wildman–Crippen LogP) is 3.43. The van der Waals surface area contributed by atoms with Gasteiger partial charge in [-0.25, -0.2) is 9.97 Å². The lowest BCUT2D eigenvalue weighted by atomic mass is 9.95. The highest BCUT2D eigenvalue weighted by molar-refractivity contribution is 5.68. The summed E-state index contributed by atoms with van der Waals surface area (Å²) in [5, 5.41) is 3.37. The van der Waals surface area contributed by atoms with Crippen molar-refractivity contribution >= 4 is 5.95 Å². The lowest BCUT2D eigenvalue weighted by Crippen LogP contribution is -2.47. The van der Waals surface area contributed by atoms with Crippen LogP contribution in [0.3, 0.4) is 0 Å². The molecular weight excluding hydrogens is 334 g/mol. The lowest BCUT2D eigenvalue weighted by molar-refractivity contribution is -0.00595. The standard InChI is InChI=1S/C20H22F2N4/c1-12-6-9-26(12)19-24-17(16-4-7-20(21,22)18(16)25-19)14-2-3-15-11-23-8-5-13(15)10-14/h2-3,10,12,23H,4-9,11H2,1H3/t12-/m0/s1. The third kappa shape index (κ3) is 2.42. The Labute approximate surface area is 151 Å². The zero-order chi connectivity index (χ0) is 17.9. The molecule has 5 rings (SSSR count). The minimum Gasteiger partial charge on any atom is -0.338 e. The van der Waals surface area contributed by atoms with Gasteiger partial charge in [-0.2, -0.15) is 8.78 Å². The number of hydrogen-bond donors (Lipinski definition) is 1. The van der Waals surface area contributed by atoms with E-state index in [1.165, 1.54) is 11.1 Å². The number of anilines is 1. The van der Waals surface area contributed by atoms with Crippen molar-refractivity contribution < 1.29 is 8.78 Å². The van der Waals surface area contributed by atoms with Gasteiger partial charge in [0.1, 0.15) is 5.69 Å². The Morgan fingerprint density at radius 3 is 2.85 bits per heavy atom. The van der Waals surface area contributed by atoms with Gasteiger partial charge in [0, 0.05) is 36.7 Å². The summed E-state index contributed by atoms with van der Waals surface area (Å²) >= 11 is 0. The first-order chi connectivity index (χ1) is 12.5. The highest BCUT2D eigenvalue weighted by atomic mass is 19.3. The fourth-order valence-electron chi connectivity index (χ4n) is 4.22. The van der Waals surface area contributed by atoms with Gasteiger partial charge in [-0.1, -0.05) is 12.1 Å². The van der Waals surface area contributed by atoms with Crippen LogP contribution in [0.15, 0.2) is 18.2 Å². The summed E-state index contributed by atoms with van der Waals surface area (Å²) in [4.78, 5) is 11.1. The zero-order valence-corrected chi connectivity index (χ0v) is 14.9. The van der Waals surface area contributed by atoms with Crippen LogP contribution in [0.25, 0.3) is 11.3 Å². The van der Waals surface area contributed by atoms with Gasteiger partial charge >= 0.3 is 0 Å². The first kappa shape index (κ1) is 16.1. The van der Waals surface area contributed by atoms with Crippen molar-refractivity contribution in [3.05, 3.63) is 40.6 Å². The molecule has 136 valence electrons. The molecule has 2 aliphatic heterocycles. The number of halogens is 2. The van der Waals surface area contributed by atoms with Crippen molar-refractivity contribution in [2.75, 3.05) is 18.0 Å². The van der Waals surface area contributed by atoms with E-state index in [1.54, 1.807) is 0 Å². The largest absolute Gasteiger partial charge is 0.338 e. The second-order valence-electron chi connectivity index (χ2n) is 7.65. The summed E-state index contributed by atoms with van der Waals surface area (Å²) in [5.41, 5.74) is 4.78. The van der Waals surface area contributed by atoms with E-state index in [1.807, 2.05) is 11.0 Å². The fourth-order valence-corrected chi connectivity index (χ4v) is 4.22. The first-order valence-corrected chi connectivity index (χ1v) is 9.42. The average molecular weight is 356 g/mol. The normalized spacial score (nSPS) is 23.3. The van der Waals surface area contributed by atoms with Gasteiger partial charge < -0.3 is 10.2 Å². The predicted molar refractivity (Wildman–Crippen MR) is 96.5 cm³/mol. The van der Waals surface area contributed by atoms with Crippen molar-refractivity contribution in [2.45, 2.75) is 51.1 Å². The Kier molecular flexibility index (Phi) is 3.54. The third-order valence-corrected chi connectivity index (χ3v) is 5.97. The second-order valence-corrected chi connectivity index (χ2v) is 7.65. The number of alkyl halides is 2. The van der Waals surface area contributed by atoms with Gasteiger partial charge in [0.05, 0.1) is 5.69 Å². The molecule has 0 spiro atoms. The van der Waals surface area contributed by atoms with Crippen molar-refractivity contribution in [1.29, 1.82) is 0 Å². The molecule has 0 amide bonds. The fraction of sp³-hybridized carbons (Fsp3) is 0.500. The molecular formula is C20H22F2N4. The zero-order valence-electron chi connectivity index (χ0n) is 14.9. The van der Waals surface area contributed by atoms with Gasteiger partial charge in [0.15, 0.2) is 0 Å². The quantitative estimate of drug-likeness (QED) is 0.895. The number of hydrogen-bond acceptors (Lipinski definition) is 4. The molecule has 2 aromatic rings. The van der Waals surface area contributed by atoms with E-state index in [9.17, 15) is 8.78 Å². The van der Waals surface area contributed by atoms with Gasteiger partial charge in [-0.15, -0.1) is 0 Å². The molecule has 1 fully saturated rings. The van der Waals surface area contributed by atoms with Crippen LogP contribution in [0, 0.1) is 0 Å². The van der Waals surface area contributed by atoms with E-state index in [2.05, 4.69) is 29.4 Å². The Morgan fingerprint density at radius 1 is 1.19 bits per heavy atom. The SMILES string of the molecule is C[C@H]1CCN1c1nc(-c2ccc3c(c2)CCNC3)c2c(n1)C(F)(F)CC2. The van der Waals surface area contributed by atoms with Crippen molar-refractivity contribution in [3.63, 3.8) is 0 Å². The van der Waals surface area contributed by atoms with Crippen LogP contribution in [0.4, 0.5) is 14.7 Å². The molecule has 3 aliphatic rings. The van der Waals surface area contributed by atoms with Gasteiger partial charge in [0.2, 0.25) is 5.95 Å². The van der Waals surface area contributed by atoms with Crippen LogP contribution in [0.2, 0.25) is 0 Å². The number of fused-ring (bicyclic) bond motifs is 2. The van der Waals surface area contributed by atoms with Gasteiger partial charge in [-0.05, 0) is 49.9 Å². The van der Waals surface area contributed by atoms with E-state index in [4.69, 9.17) is 4.98 Å². The number of nitrogens with zero attached hydrogens (tertiary/aromatic N) is 3. The summed E-state index contributed by atoms with van der Waals surface area (Å²) in [6.45, 7) is 4.74. The molecule has 0 saturated carbocycles. The van der Waals surface area contributed by atoms with Crippen LogP contribution in [0.1, 0.15) is 42.1 Å². The van der Waals surface area contributed by atoms with Crippen LogP contribution >= 0.6 is 0 Å². The van der Waals surface area contributed by atoms with Crippen molar-refractivity contribution in [1.82, 2.24) is 15.3 Å². The first-order valence-electron chi connectivity index (χ1n) is 9.42. The number of benzene rings is 1. The van der Waals surface area contributed by atoms with Crippen molar-refractivity contribution in [2.24, 2.45) is 0 Å². The Bertz CT molecular complexity index is 880. The van der Waals surface area contributed by atoms with E-state index < -0.39 is 5.92 Å². The Balaban J connectivity index is 1.66. The van der Waals surface area contributed by atoms with Crippen LogP contribution in [-0.2, 0) is 25.3 Å². The third-order valence-electron chi connectivity index (χ3n) is 5.97. The Hall–Kier alpha value is -2.08.